The smallest absolute Gasteiger partial charge is 0.350 e. The maximum Gasteiger partial charge on any atom is 0.350 e. The highest BCUT2D eigenvalue weighted by Gasteiger charge is 2.21. The minimum absolute atomic E-state index is 0.00135. The molecule has 0 amide bonds. The molecule has 6 heteroatoms. The fourth-order valence-electron chi connectivity index (χ4n) is 1.30. The number of ketones is 1. The van der Waals surface area contributed by atoms with Crippen molar-refractivity contribution in [3.63, 3.8) is 0 Å². The predicted molar refractivity (Wildman–Crippen MR) is 76.7 cm³/mol. The zero-order chi connectivity index (χ0) is 14.6. The zero-order valence-corrected chi connectivity index (χ0v) is 12.6. The Morgan fingerprint density at radius 1 is 1.42 bits per heavy atom. The van der Waals surface area contributed by atoms with Crippen molar-refractivity contribution in [2.24, 2.45) is 10.9 Å². The number of methoxy groups -OCH3 is 1. The number of aliphatic imine (C=N–C) groups is 1. The van der Waals surface area contributed by atoms with E-state index in [0.29, 0.717) is 15.4 Å². The van der Waals surface area contributed by atoms with Crippen molar-refractivity contribution in [2.75, 3.05) is 21.2 Å². The van der Waals surface area contributed by atoms with Gasteiger partial charge in [0.2, 0.25) is 0 Å². The maximum absolute atomic E-state index is 12.0. The molecule has 0 saturated heterocycles. The van der Waals surface area contributed by atoms with Gasteiger partial charge in [0.1, 0.15) is 4.88 Å². The van der Waals surface area contributed by atoms with Gasteiger partial charge < -0.3 is 9.64 Å². The fraction of sp³-hybridized carbons (Fsp3) is 0.462. The quantitative estimate of drug-likeness (QED) is 0.360. The Morgan fingerprint density at radius 3 is 2.53 bits per heavy atom. The van der Waals surface area contributed by atoms with E-state index < -0.39 is 5.97 Å². The van der Waals surface area contributed by atoms with Crippen LogP contribution in [-0.4, -0.2) is 44.2 Å². The van der Waals surface area contributed by atoms with Crippen molar-refractivity contribution in [3.8, 4) is 0 Å². The molecule has 0 spiro atoms. The molecule has 0 aliphatic rings. The molecule has 1 rings (SSSR count). The number of carbonyl (C=O) groups excluding carboxylic acids is 2. The second-order valence-corrected chi connectivity index (χ2v) is 5.60. The van der Waals surface area contributed by atoms with Crippen LogP contribution >= 0.6 is 11.3 Å². The van der Waals surface area contributed by atoms with Crippen LogP contribution in [0, 0.1) is 5.92 Å². The lowest BCUT2D eigenvalue weighted by Gasteiger charge is -2.02. The average molecular weight is 282 g/mol. The number of nitrogens with zero attached hydrogens (tertiary/aromatic N) is 2. The first-order valence-electron chi connectivity index (χ1n) is 5.83. The van der Waals surface area contributed by atoms with E-state index >= 15 is 0 Å². The summed E-state index contributed by atoms with van der Waals surface area (Å²) < 4.78 is 4.71. The highest BCUT2D eigenvalue weighted by atomic mass is 32.1. The van der Waals surface area contributed by atoms with E-state index in [9.17, 15) is 9.59 Å². The molecule has 0 N–H and O–H groups in total. The molecule has 0 fully saturated rings. The van der Waals surface area contributed by atoms with Gasteiger partial charge in [0.15, 0.2) is 5.78 Å². The third kappa shape index (κ3) is 3.89. The highest BCUT2D eigenvalue weighted by molar-refractivity contribution is 7.16. The second-order valence-electron chi connectivity index (χ2n) is 4.54. The van der Waals surface area contributed by atoms with E-state index in [2.05, 4.69) is 4.99 Å². The number of Topliss-reactive ketones (excluding diaryl/α,β-unsaturated/α-hetero) is 1. The summed E-state index contributed by atoms with van der Waals surface area (Å²) in [6.07, 6.45) is 1.58. The van der Waals surface area contributed by atoms with Gasteiger partial charge in [0.05, 0.1) is 24.0 Å². The number of hydrogen-bond donors (Lipinski definition) is 0. The molecular weight excluding hydrogens is 264 g/mol. The molecule has 0 aromatic carbocycles. The summed E-state index contributed by atoms with van der Waals surface area (Å²) in [4.78, 5) is 30.5. The lowest BCUT2D eigenvalue weighted by atomic mass is 10.1. The lowest BCUT2D eigenvalue weighted by molar-refractivity contribution is 0.0607. The summed E-state index contributed by atoms with van der Waals surface area (Å²) in [5.41, 5.74) is 0.467. The Kier molecular flexibility index (Phi) is 5.23. The molecule has 0 bridgehead atoms. The van der Waals surface area contributed by atoms with Crippen LogP contribution in [0.5, 0.6) is 0 Å². The van der Waals surface area contributed by atoms with E-state index in [4.69, 9.17) is 4.74 Å². The number of carbonyl (C=O) groups is 2. The summed E-state index contributed by atoms with van der Waals surface area (Å²) >= 11 is 1.12. The first kappa shape index (κ1) is 15.4. The molecule has 0 aliphatic heterocycles. The second kappa shape index (κ2) is 6.47. The van der Waals surface area contributed by atoms with Crippen molar-refractivity contribution >= 4 is 35.1 Å². The normalized spacial score (nSPS) is 11.1. The van der Waals surface area contributed by atoms with Crippen molar-refractivity contribution in [1.82, 2.24) is 4.90 Å². The van der Waals surface area contributed by atoms with Gasteiger partial charge in [0, 0.05) is 20.0 Å². The van der Waals surface area contributed by atoms with Crippen molar-refractivity contribution < 1.29 is 14.3 Å². The van der Waals surface area contributed by atoms with Gasteiger partial charge in [0.25, 0.3) is 0 Å². The van der Waals surface area contributed by atoms with E-state index in [-0.39, 0.29) is 11.7 Å². The molecule has 0 unspecified atom stereocenters. The van der Waals surface area contributed by atoms with Crippen molar-refractivity contribution in [1.29, 1.82) is 0 Å². The average Bonchev–Trinajstić information content (AvgIpc) is 2.78. The third-order valence-electron chi connectivity index (χ3n) is 2.28. The highest BCUT2D eigenvalue weighted by Crippen LogP contribution is 2.31. The standard InChI is InChI=1S/C13H18N2O3S/c1-8(2)11(16)10-6-9(14-7-15(3)4)12(19-10)13(17)18-5/h6-8H,1-5H3/b14-7+. The largest absolute Gasteiger partial charge is 0.465 e. The Morgan fingerprint density at radius 2 is 2.05 bits per heavy atom. The third-order valence-corrected chi connectivity index (χ3v) is 3.40. The van der Waals surface area contributed by atoms with E-state index in [1.807, 2.05) is 27.9 Å². The van der Waals surface area contributed by atoms with Crippen LogP contribution in [-0.2, 0) is 4.74 Å². The molecule has 0 aliphatic carbocycles. The molecule has 1 heterocycles. The van der Waals surface area contributed by atoms with Crippen molar-refractivity contribution in [2.45, 2.75) is 13.8 Å². The Labute approximate surface area is 116 Å². The molecule has 19 heavy (non-hydrogen) atoms. The van der Waals surface area contributed by atoms with Crippen LogP contribution in [0.15, 0.2) is 11.1 Å². The first-order chi connectivity index (χ1) is 8.86. The topological polar surface area (TPSA) is 59.0 Å². The molecule has 1 aromatic rings. The van der Waals surface area contributed by atoms with E-state index in [1.165, 1.54) is 7.11 Å². The molecule has 104 valence electrons. The predicted octanol–water partition coefficient (Wildman–Crippen LogP) is 2.59. The molecule has 1 aromatic heterocycles. The Hall–Kier alpha value is -1.69. The maximum atomic E-state index is 12.0. The first-order valence-corrected chi connectivity index (χ1v) is 6.65. The van der Waals surface area contributed by atoms with Gasteiger partial charge in [-0.15, -0.1) is 11.3 Å². The van der Waals surface area contributed by atoms with Crippen LogP contribution in [0.2, 0.25) is 0 Å². The summed E-state index contributed by atoms with van der Waals surface area (Å²) in [5, 5.41) is 0. The minimum Gasteiger partial charge on any atom is -0.465 e. The van der Waals surface area contributed by atoms with E-state index in [1.54, 1.807) is 17.3 Å². The van der Waals surface area contributed by atoms with E-state index in [0.717, 1.165) is 11.3 Å². The number of hydrogen-bond acceptors (Lipinski definition) is 5. The zero-order valence-electron chi connectivity index (χ0n) is 11.8. The van der Waals surface area contributed by atoms with Gasteiger partial charge >= 0.3 is 5.97 Å². The van der Waals surface area contributed by atoms with Crippen LogP contribution in [0.3, 0.4) is 0 Å². The molecule has 0 radical (unpaired) electrons. The Balaban J connectivity index is 3.20. The van der Waals surface area contributed by atoms with Gasteiger partial charge in [-0.3, -0.25) is 4.79 Å². The number of esters is 1. The lowest BCUT2D eigenvalue weighted by Crippen LogP contribution is -2.07. The number of thiophene rings is 1. The van der Waals surface area contributed by atoms with Gasteiger partial charge in [-0.2, -0.15) is 0 Å². The van der Waals surface area contributed by atoms with Gasteiger partial charge in [-0.1, -0.05) is 13.8 Å². The van der Waals surface area contributed by atoms with Crippen LogP contribution < -0.4 is 0 Å². The molecule has 5 nitrogen and oxygen atoms in total. The summed E-state index contributed by atoms with van der Waals surface area (Å²) in [6.45, 7) is 3.64. The monoisotopic (exact) mass is 282 g/mol. The van der Waals surface area contributed by atoms with Crippen LogP contribution in [0.4, 0.5) is 5.69 Å². The minimum atomic E-state index is -0.473. The molecule has 0 atom stereocenters. The summed E-state index contributed by atoms with van der Waals surface area (Å²) in [5.74, 6) is -0.588. The van der Waals surface area contributed by atoms with Crippen molar-refractivity contribution in [3.05, 3.63) is 15.8 Å². The SMILES string of the molecule is COC(=O)c1sc(C(=O)C(C)C)cc1/N=C/N(C)C. The molecule has 0 saturated carbocycles. The summed E-state index contributed by atoms with van der Waals surface area (Å²) in [7, 11) is 4.97. The Bertz CT molecular complexity index is 504. The van der Waals surface area contributed by atoms with Crippen LogP contribution in [0.25, 0.3) is 0 Å². The molecular formula is C13H18N2O3S. The summed E-state index contributed by atoms with van der Waals surface area (Å²) in [6, 6.07) is 1.64. The fourth-order valence-corrected chi connectivity index (χ4v) is 2.41. The van der Waals surface area contributed by atoms with Crippen LogP contribution in [0.1, 0.15) is 33.2 Å². The number of rotatable bonds is 5. The number of ether oxygens (including phenoxy) is 1. The van der Waals surface area contributed by atoms with Gasteiger partial charge in [-0.05, 0) is 6.07 Å². The van der Waals surface area contributed by atoms with Gasteiger partial charge in [-0.25, -0.2) is 9.79 Å².